The van der Waals surface area contributed by atoms with E-state index in [1.54, 1.807) is 0 Å². The number of alkyl carbamates (subject to hydrolysis) is 1. The zero-order valence-corrected chi connectivity index (χ0v) is 12.1. The average molecular weight is 359 g/mol. The Hall–Kier alpha value is -1.31. The smallest absolute Gasteiger partial charge is 0.413 e. The Kier molecular flexibility index (Phi) is 4.40. The van der Waals surface area contributed by atoms with Gasteiger partial charge in [0, 0.05) is 10.1 Å². The maximum absolute atomic E-state index is 11.1. The van der Waals surface area contributed by atoms with E-state index in [4.69, 9.17) is 0 Å². The molecule has 0 bridgehead atoms. The summed E-state index contributed by atoms with van der Waals surface area (Å²) in [4.78, 5) is 15.6. The molecule has 2 N–H and O–H groups in total. The Morgan fingerprint density at radius 2 is 2.33 bits per heavy atom. The summed E-state index contributed by atoms with van der Waals surface area (Å²) in [6.07, 6.45) is 0.400. The van der Waals surface area contributed by atoms with Crippen molar-refractivity contribution >= 4 is 34.6 Å². The van der Waals surface area contributed by atoms with Gasteiger partial charge in [0.05, 0.1) is 13.2 Å². The van der Waals surface area contributed by atoms with Gasteiger partial charge in [0.2, 0.25) is 5.96 Å². The average Bonchev–Trinajstić information content (AvgIpc) is 2.39. The molecule has 1 amide bonds. The molecule has 0 saturated carbocycles. The summed E-state index contributed by atoms with van der Waals surface area (Å²) >= 11 is 2.30. The fourth-order valence-corrected chi connectivity index (χ4v) is 2.53. The number of hydrogen-bond acceptors (Lipinski definition) is 4. The van der Waals surface area contributed by atoms with Gasteiger partial charge in [-0.1, -0.05) is 18.2 Å². The van der Waals surface area contributed by atoms with Crippen LogP contribution in [0.25, 0.3) is 0 Å². The molecule has 0 spiro atoms. The Balaban J connectivity index is 2.17. The Labute approximate surface area is 119 Å². The first-order valence-electron chi connectivity index (χ1n) is 5.62. The van der Waals surface area contributed by atoms with Crippen LogP contribution in [-0.4, -0.2) is 25.7 Å². The van der Waals surface area contributed by atoms with Gasteiger partial charge < -0.3 is 10.1 Å². The third kappa shape index (κ3) is 3.12. The van der Waals surface area contributed by atoms with Gasteiger partial charge in [-0.2, -0.15) is 0 Å². The van der Waals surface area contributed by atoms with Crippen LogP contribution in [0.3, 0.4) is 0 Å². The number of halogens is 1. The van der Waals surface area contributed by atoms with Crippen LogP contribution < -0.4 is 10.6 Å². The highest BCUT2D eigenvalue weighted by Crippen LogP contribution is 2.26. The number of guanidine groups is 1. The standard InChI is InChI=1S/C12H14IN3O2/c1-18-12(17)16-11-14-7-6-10(15-11)8-4-2-3-5-9(8)13/h2-5,10H,6-7H2,1H3,(H2,14,15,16,17). The number of carbonyl (C=O) groups is 1. The minimum absolute atomic E-state index is 0.0755. The number of aliphatic imine (C=N–C) groups is 1. The second-order valence-corrected chi connectivity index (χ2v) is 5.01. The first-order chi connectivity index (χ1) is 8.70. The van der Waals surface area contributed by atoms with Crippen LogP contribution in [0, 0.1) is 3.57 Å². The van der Waals surface area contributed by atoms with Crippen molar-refractivity contribution in [2.24, 2.45) is 4.99 Å². The van der Waals surface area contributed by atoms with Crippen molar-refractivity contribution in [3.8, 4) is 0 Å². The molecule has 6 heteroatoms. The SMILES string of the molecule is COC(=O)NC1=NC(c2ccccc2I)CCN1. The van der Waals surface area contributed by atoms with Gasteiger partial charge in [0.25, 0.3) is 0 Å². The molecule has 0 aromatic heterocycles. The number of nitrogens with zero attached hydrogens (tertiary/aromatic N) is 1. The molecule has 0 saturated heterocycles. The number of amides is 1. The second-order valence-electron chi connectivity index (χ2n) is 3.85. The predicted octanol–water partition coefficient (Wildman–Crippen LogP) is 2.04. The van der Waals surface area contributed by atoms with Gasteiger partial charge in [-0.15, -0.1) is 0 Å². The number of rotatable bonds is 1. The number of benzene rings is 1. The lowest BCUT2D eigenvalue weighted by molar-refractivity contribution is 0.176. The van der Waals surface area contributed by atoms with Gasteiger partial charge >= 0.3 is 6.09 Å². The summed E-state index contributed by atoms with van der Waals surface area (Å²) in [5.74, 6) is 0.470. The summed E-state index contributed by atoms with van der Waals surface area (Å²) in [7, 11) is 1.33. The van der Waals surface area contributed by atoms with Crippen molar-refractivity contribution in [3.05, 3.63) is 33.4 Å². The zero-order chi connectivity index (χ0) is 13.0. The third-order valence-electron chi connectivity index (χ3n) is 2.67. The van der Waals surface area contributed by atoms with Crippen molar-refractivity contribution in [2.75, 3.05) is 13.7 Å². The van der Waals surface area contributed by atoms with Crippen LogP contribution in [-0.2, 0) is 4.74 Å². The van der Waals surface area contributed by atoms with Gasteiger partial charge in [0.1, 0.15) is 0 Å². The van der Waals surface area contributed by atoms with Crippen LogP contribution in [0.15, 0.2) is 29.3 Å². The minimum atomic E-state index is -0.510. The van der Waals surface area contributed by atoms with Crippen LogP contribution in [0.2, 0.25) is 0 Å². The molecule has 5 nitrogen and oxygen atoms in total. The summed E-state index contributed by atoms with van der Waals surface area (Å²) < 4.78 is 5.73. The first-order valence-corrected chi connectivity index (χ1v) is 6.69. The molecule has 0 aliphatic carbocycles. The van der Waals surface area contributed by atoms with Crippen LogP contribution in [0.4, 0.5) is 4.79 Å². The Morgan fingerprint density at radius 1 is 1.56 bits per heavy atom. The van der Waals surface area contributed by atoms with E-state index < -0.39 is 6.09 Å². The molecule has 0 fully saturated rings. The molecule has 1 aromatic rings. The summed E-state index contributed by atoms with van der Waals surface area (Å²) in [5, 5.41) is 5.60. The van der Waals surface area contributed by atoms with Crippen LogP contribution in [0.5, 0.6) is 0 Å². The highest BCUT2D eigenvalue weighted by Gasteiger charge is 2.19. The summed E-state index contributed by atoms with van der Waals surface area (Å²) in [6.45, 7) is 0.776. The molecule has 1 aliphatic heterocycles. The number of hydrogen-bond donors (Lipinski definition) is 2. The van der Waals surface area contributed by atoms with Crippen molar-refractivity contribution in [3.63, 3.8) is 0 Å². The predicted molar refractivity (Wildman–Crippen MR) is 77.5 cm³/mol. The number of ether oxygens (including phenoxy) is 1. The van der Waals surface area contributed by atoms with E-state index in [9.17, 15) is 4.79 Å². The molecule has 18 heavy (non-hydrogen) atoms. The molecule has 1 unspecified atom stereocenters. The van der Waals surface area contributed by atoms with E-state index in [-0.39, 0.29) is 6.04 Å². The highest BCUT2D eigenvalue weighted by atomic mass is 127. The van der Waals surface area contributed by atoms with Gasteiger partial charge in [-0.3, -0.25) is 5.32 Å². The lowest BCUT2D eigenvalue weighted by Crippen LogP contribution is -2.44. The fourth-order valence-electron chi connectivity index (χ4n) is 1.79. The topological polar surface area (TPSA) is 62.7 Å². The van der Waals surface area contributed by atoms with E-state index in [0.717, 1.165) is 13.0 Å². The quantitative estimate of drug-likeness (QED) is 0.755. The molecule has 1 heterocycles. The van der Waals surface area contributed by atoms with Crippen molar-refractivity contribution in [2.45, 2.75) is 12.5 Å². The molecule has 0 radical (unpaired) electrons. The largest absolute Gasteiger partial charge is 0.453 e. The highest BCUT2D eigenvalue weighted by molar-refractivity contribution is 14.1. The monoisotopic (exact) mass is 359 g/mol. The molecule has 1 aromatic carbocycles. The van der Waals surface area contributed by atoms with Crippen molar-refractivity contribution < 1.29 is 9.53 Å². The van der Waals surface area contributed by atoms with Gasteiger partial charge in [-0.05, 0) is 40.6 Å². The normalized spacial score (nSPS) is 18.6. The van der Waals surface area contributed by atoms with Crippen LogP contribution in [0.1, 0.15) is 18.0 Å². The Bertz CT molecular complexity index is 476. The zero-order valence-electron chi connectivity index (χ0n) is 9.94. The van der Waals surface area contributed by atoms with E-state index in [1.165, 1.54) is 16.2 Å². The fraction of sp³-hybridized carbons (Fsp3) is 0.333. The van der Waals surface area contributed by atoms with E-state index >= 15 is 0 Å². The van der Waals surface area contributed by atoms with Crippen molar-refractivity contribution in [1.29, 1.82) is 0 Å². The maximum atomic E-state index is 11.1. The number of nitrogens with one attached hydrogen (secondary N) is 2. The molecule has 1 aliphatic rings. The third-order valence-corrected chi connectivity index (χ3v) is 3.65. The summed E-state index contributed by atoms with van der Waals surface area (Å²) in [6, 6.07) is 8.20. The van der Waals surface area contributed by atoms with Gasteiger partial charge in [0.15, 0.2) is 0 Å². The molecule has 96 valence electrons. The molecule has 2 rings (SSSR count). The van der Waals surface area contributed by atoms with Crippen LogP contribution >= 0.6 is 22.6 Å². The maximum Gasteiger partial charge on any atom is 0.413 e. The van der Waals surface area contributed by atoms with Gasteiger partial charge in [-0.25, -0.2) is 9.79 Å². The van der Waals surface area contributed by atoms with E-state index in [0.29, 0.717) is 5.96 Å². The van der Waals surface area contributed by atoms with Crippen molar-refractivity contribution in [1.82, 2.24) is 10.6 Å². The minimum Gasteiger partial charge on any atom is -0.453 e. The number of carbonyl (C=O) groups excluding carboxylic acids is 1. The Morgan fingerprint density at radius 3 is 3.06 bits per heavy atom. The number of methoxy groups -OCH3 is 1. The lowest BCUT2D eigenvalue weighted by Gasteiger charge is -2.22. The first kappa shape index (κ1) is 13.1. The van der Waals surface area contributed by atoms with E-state index in [1.807, 2.05) is 12.1 Å². The second kappa shape index (κ2) is 6.03. The molecule has 1 atom stereocenters. The molecular formula is C12H14IN3O2. The molecular weight excluding hydrogens is 345 g/mol. The van der Waals surface area contributed by atoms with E-state index in [2.05, 4.69) is 55.1 Å². The lowest BCUT2D eigenvalue weighted by atomic mass is 10.0. The summed E-state index contributed by atoms with van der Waals surface area (Å²) in [5.41, 5.74) is 1.18.